The first kappa shape index (κ1) is 31.0. The maximum absolute atomic E-state index is 14.8. The highest BCUT2D eigenvalue weighted by Gasteiger charge is 2.20. The van der Waals surface area contributed by atoms with Gasteiger partial charge >= 0.3 is 0 Å². The van der Waals surface area contributed by atoms with Crippen molar-refractivity contribution in [2.24, 2.45) is 5.92 Å². The SMILES string of the molecule is O=C(CC1CCNCC1)Nc1cncc(-c2ccc3[nH]nc(-c4nc5c(-c6cc(F)cc(OCCN7CCCC7)c6)nccc5[nH]4)c3n2)c1. The van der Waals surface area contributed by atoms with E-state index in [-0.39, 0.29) is 5.91 Å². The van der Waals surface area contributed by atoms with Crippen LogP contribution in [0.4, 0.5) is 10.1 Å². The van der Waals surface area contributed by atoms with Crippen molar-refractivity contribution in [1.82, 2.24) is 45.3 Å². The number of pyridine rings is 3. The van der Waals surface area contributed by atoms with Gasteiger partial charge in [0.2, 0.25) is 5.91 Å². The number of hydrogen-bond acceptors (Lipinski definition) is 9. The zero-order valence-corrected chi connectivity index (χ0v) is 27.0. The summed E-state index contributed by atoms with van der Waals surface area (Å²) >= 11 is 0. The van der Waals surface area contributed by atoms with Crippen molar-refractivity contribution in [1.29, 1.82) is 0 Å². The average Bonchev–Trinajstić information content (AvgIpc) is 3.88. The van der Waals surface area contributed by atoms with Gasteiger partial charge in [-0.15, -0.1) is 0 Å². The van der Waals surface area contributed by atoms with E-state index in [9.17, 15) is 9.18 Å². The smallest absolute Gasteiger partial charge is 0.224 e. The Bertz CT molecular complexity index is 2120. The number of halogens is 1. The van der Waals surface area contributed by atoms with Crippen LogP contribution in [0.15, 0.2) is 61.1 Å². The summed E-state index contributed by atoms with van der Waals surface area (Å²) in [6, 6.07) is 12.1. The second-order valence-electron chi connectivity index (χ2n) is 12.8. The molecule has 13 heteroatoms. The van der Waals surface area contributed by atoms with Crippen molar-refractivity contribution in [3.63, 3.8) is 0 Å². The predicted molar refractivity (Wildman–Crippen MR) is 185 cm³/mol. The molecule has 0 bridgehead atoms. The number of amides is 1. The van der Waals surface area contributed by atoms with Crippen LogP contribution in [0.3, 0.4) is 0 Å². The summed E-state index contributed by atoms with van der Waals surface area (Å²) in [7, 11) is 0. The summed E-state index contributed by atoms with van der Waals surface area (Å²) in [6.07, 6.45) is 9.96. The molecule has 2 fully saturated rings. The third kappa shape index (κ3) is 6.85. The van der Waals surface area contributed by atoms with E-state index in [1.807, 2.05) is 24.3 Å². The van der Waals surface area contributed by atoms with Gasteiger partial charge in [0.25, 0.3) is 0 Å². The Kier molecular flexibility index (Phi) is 8.67. The molecule has 12 nitrogen and oxygen atoms in total. The number of nitrogens with zero attached hydrogens (tertiary/aromatic N) is 6. The van der Waals surface area contributed by atoms with Crippen LogP contribution < -0.4 is 15.4 Å². The van der Waals surface area contributed by atoms with Crippen molar-refractivity contribution in [2.45, 2.75) is 32.1 Å². The number of likely N-dealkylation sites (tertiary alicyclic amines) is 1. The number of carbonyl (C=O) groups excluding carboxylic acids is 1. The van der Waals surface area contributed by atoms with E-state index in [0.717, 1.165) is 62.2 Å². The number of fused-ring (bicyclic) bond motifs is 2. The Morgan fingerprint density at radius 3 is 2.69 bits per heavy atom. The molecule has 0 atom stereocenters. The lowest BCUT2D eigenvalue weighted by molar-refractivity contribution is -0.117. The molecule has 8 rings (SSSR count). The molecule has 6 aromatic rings. The van der Waals surface area contributed by atoms with E-state index in [4.69, 9.17) is 14.7 Å². The Morgan fingerprint density at radius 2 is 1.82 bits per heavy atom. The first-order chi connectivity index (χ1) is 24.1. The Hall–Kier alpha value is -5.27. The van der Waals surface area contributed by atoms with Crippen molar-refractivity contribution >= 4 is 33.7 Å². The summed E-state index contributed by atoms with van der Waals surface area (Å²) in [5, 5.41) is 13.9. The predicted octanol–water partition coefficient (Wildman–Crippen LogP) is 5.57. The summed E-state index contributed by atoms with van der Waals surface area (Å²) in [6.45, 7) is 5.36. The zero-order valence-electron chi connectivity index (χ0n) is 27.0. The number of benzene rings is 1. The quantitative estimate of drug-likeness (QED) is 0.148. The third-order valence-corrected chi connectivity index (χ3v) is 9.30. The number of H-pyrrole nitrogens is 2. The van der Waals surface area contributed by atoms with Crippen LogP contribution in [0.2, 0.25) is 0 Å². The van der Waals surface area contributed by atoms with E-state index < -0.39 is 5.82 Å². The molecule has 0 unspecified atom stereocenters. The highest BCUT2D eigenvalue weighted by Crippen LogP contribution is 2.33. The zero-order chi connectivity index (χ0) is 33.2. The van der Waals surface area contributed by atoms with Crippen molar-refractivity contribution in [2.75, 3.05) is 44.6 Å². The van der Waals surface area contributed by atoms with Gasteiger partial charge in [-0.05, 0) is 94.2 Å². The first-order valence-electron chi connectivity index (χ1n) is 16.9. The molecule has 1 aromatic carbocycles. The number of anilines is 1. The van der Waals surface area contributed by atoms with Crippen molar-refractivity contribution < 1.29 is 13.9 Å². The molecule has 2 aliphatic heterocycles. The normalized spacial score (nSPS) is 15.7. The number of imidazole rings is 1. The van der Waals surface area contributed by atoms with E-state index in [1.165, 1.54) is 25.0 Å². The summed E-state index contributed by atoms with van der Waals surface area (Å²) in [5.74, 6) is 0.929. The molecule has 2 aliphatic rings. The minimum absolute atomic E-state index is 0.00960. The lowest BCUT2D eigenvalue weighted by Crippen LogP contribution is -2.30. The van der Waals surface area contributed by atoms with E-state index in [2.05, 4.69) is 40.7 Å². The fraction of sp³-hybridized carbons (Fsp3) is 0.333. The maximum atomic E-state index is 14.8. The first-order valence-corrected chi connectivity index (χ1v) is 16.9. The molecule has 0 saturated carbocycles. The molecule has 5 aromatic heterocycles. The lowest BCUT2D eigenvalue weighted by atomic mass is 9.94. The van der Waals surface area contributed by atoms with Gasteiger partial charge in [-0.3, -0.25) is 24.8 Å². The molecular formula is C36H37FN10O2. The molecule has 49 heavy (non-hydrogen) atoms. The van der Waals surface area contributed by atoms with Gasteiger partial charge in [-0.1, -0.05) is 0 Å². The Balaban J connectivity index is 1.05. The maximum Gasteiger partial charge on any atom is 0.224 e. The Morgan fingerprint density at radius 1 is 0.959 bits per heavy atom. The van der Waals surface area contributed by atoms with Crippen LogP contribution in [0, 0.1) is 11.7 Å². The monoisotopic (exact) mass is 660 g/mol. The topological polar surface area (TPSA) is 150 Å². The largest absolute Gasteiger partial charge is 0.492 e. The van der Waals surface area contributed by atoms with Crippen LogP contribution in [0.25, 0.3) is 56.1 Å². The summed E-state index contributed by atoms with van der Waals surface area (Å²) < 4.78 is 20.8. The van der Waals surface area contributed by atoms with Gasteiger partial charge in [-0.25, -0.2) is 14.4 Å². The fourth-order valence-corrected chi connectivity index (χ4v) is 6.77. The van der Waals surface area contributed by atoms with Crippen LogP contribution in [0.1, 0.15) is 32.1 Å². The summed E-state index contributed by atoms with van der Waals surface area (Å²) in [5.41, 5.74) is 6.35. The van der Waals surface area contributed by atoms with Crippen molar-refractivity contribution in [3.05, 3.63) is 66.9 Å². The molecule has 7 heterocycles. The number of ether oxygens (including phenoxy) is 1. The minimum Gasteiger partial charge on any atom is -0.492 e. The molecule has 0 radical (unpaired) electrons. The second kappa shape index (κ2) is 13.7. The molecule has 2 saturated heterocycles. The Labute approximate surface area is 281 Å². The number of aromatic amines is 2. The standard InChI is InChI=1S/C36H37FN10O2/c37-25-16-23(18-27(19-25)49-14-13-47-11-1-2-12-47)32-33-29(7-10-40-32)43-36(44-33)35-34-30(45-46-35)4-3-28(42-34)24-17-26(21-39-20-24)41-31(48)15-22-5-8-38-9-6-22/h3-4,7,10,16-22,38H,1-2,5-6,8-9,11-15H2,(H,41,48)(H,43,44)(H,45,46). The number of piperidine rings is 1. The molecular weight excluding hydrogens is 623 g/mol. The molecule has 1 amide bonds. The molecule has 0 spiro atoms. The highest BCUT2D eigenvalue weighted by molar-refractivity contribution is 5.95. The lowest BCUT2D eigenvalue weighted by Gasteiger charge is -2.21. The van der Waals surface area contributed by atoms with Crippen molar-refractivity contribution in [3.8, 4) is 39.8 Å². The van der Waals surface area contributed by atoms with Gasteiger partial charge in [0.05, 0.1) is 34.3 Å². The number of carbonyl (C=O) groups is 1. The van der Waals surface area contributed by atoms with Gasteiger partial charge < -0.3 is 20.4 Å². The van der Waals surface area contributed by atoms with Crippen LogP contribution in [-0.4, -0.2) is 85.3 Å². The molecule has 4 N–H and O–H groups in total. The van der Waals surface area contributed by atoms with Crippen LogP contribution in [0.5, 0.6) is 5.75 Å². The van der Waals surface area contributed by atoms with Gasteiger partial charge in [0.15, 0.2) is 11.5 Å². The summed E-state index contributed by atoms with van der Waals surface area (Å²) in [4.78, 5) is 37.2. The van der Waals surface area contributed by atoms with E-state index in [0.29, 0.717) is 69.9 Å². The van der Waals surface area contributed by atoms with E-state index in [1.54, 1.807) is 24.7 Å². The van der Waals surface area contributed by atoms with Gasteiger partial charge in [0.1, 0.15) is 29.2 Å². The second-order valence-corrected chi connectivity index (χ2v) is 12.8. The van der Waals surface area contributed by atoms with Crippen LogP contribution in [-0.2, 0) is 4.79 Å². The van der Waals surface area contributed by atoms with E-state index >= 15 is 0 Å². The van der Waals surface area contributed by atoms with Gasteiger partial charge in [-0.2, -0.15) is 5.10 Å². The number of nitrogens with one attached hydrogen (secondary N) is 4. The fourth-order valence-electron chi connectivity index (χ4n) is 6.77. The number of hydrogen-bond donors (Lipinski definition) is 4. The van der Waals surface area contributed by atoms with Gasteiger partial charge in [0, 0.05) is 42.6 Å². The van der Waals surface area contributed by atoms with Crippen LogP contribution >= 0.6 is 0 Å². The number of aromatic nitrogens is 7. The number of rotatable bonds is 10. The highest BCUT2D eigenvalue weighted by atomic mass is 19.1. The average molecular weight is 661 g/mol. The molecule has 250 valence electrons. The third-order valence-electron chi connectivity index (χ3n) is 9.30. The molecule has 0 aliphatic carbocycles. The minimum atomic E-state index is -0.404.